The molecule has 0 unspecified atom stereocenters. The number of amides is 1. The number of aromatic amines is 1. The van der Waals surface area contributed by atoms with E-state index in [0.29, 0.717) is 11.2 Å². The highest BCUT2D eigenvalue weighted by molar-refractivity contribution is 7.91. The van der Waals surface area contributed by atoms with E-state index in [1.54, 1.807) is 0 Å². The molecule has 0 aliphatic carbocycles. The molecule has 2 aromatic heterocycles. The summed E-state index contributed by atoms with van der Waals surface area (Å²) in [4.78, 5) is 22.4. The molecule has 0 bridgehead atoms. The van der Waals surface area contributed by atoms with Crippen molar-refractivity contribution in [2.75, 3.05) is 12.4 Å². The van der Waals surface area contributed by atoms with Crippen molar-refractivity contribution in [3.8, 4) is 0 Å². The Morgan fingerprint density at radius 1 is 1.00 bits per heavy atom. The molecule has 12 heteroatoms. The Labute approximate surface area is 185 Å². The van der Waals surface area contributed by atoms with Crippen molar-refractivity contribution in [1.82, 2.24) is 20.3 Å². The van der Waals surface area contributed by atoms with Crippen molar-refractivity contribution >= 4 is 38.4 Å². The Bertz CT molecular complexity index is 1450. The van der Waals surface area contributed by atoms with Crippen molar-refractivity contribution in [1.29, 1.82) is 0 Å². The number of hydrogen-bond acceptors (Lipinski definition) is 6. The summed E-state index contributed by atoms with van der Waals surface area (Å²) in [6.45, 7) is 0. The van der Waals surface area contributed by atoms with Gasteiger partial charge in [0.2, 0.25) is 15.8 Å². The topological polar surface area (TPSA) is 117 Å². The Hall–Kier alpha value is -3.93. The van der Waals surface area contributed by atoms with Gasteiger partial charge in [-0.25, -0.2) is 13.4 Å². The summed E-state index contributed by atoms with van der Waals surface area (Å²) in [6, 6.07) is 11.3. The second kappa shape index (κ2) is 8.20. The van der Waals surface area contributed by atoms with Crippen LogP contribution in [0.2, 0.25) is 0 Å². The lowest BCUT2D eigenvalue weighted by Gasteiger charge is -2.08. The van der Waals surface area contributed by atoms with E-state index >= 15 is 0 Å². The average molecular weight is 475 g/mol. The summed E-state index contributed by atoms with van der Waals surface area (Å²) in [5, 5.41) is 5.28. The number of rotatable bonds is 5. The molecule has 0 aliphatic heterocycles. The fourth-order valence-electron chi connectivity index (χ4n) is 3.07. The molecule has 3 N–H and O–H groups in total. The van der Waals surface area contributed by atoms with Gasteiger partial charge in [0, 0.05) is 18.9 Å². The normalized spacial score (nSPS) is 12.0. The Kier molecular flexibility index (Phi) is 5.54. The zero-order valence-electron chi connectivity index (χ0n) is 16.9. The molecule has 4 rings (SSSR count). The third kappa shape index (κ3) is 4.51. The van der Waals surface area contributed by atoms with E-state index in [0.717, 1.165) is 12.1 Å². The van der Waals surface area contributed by atoms with Crippen LogP contribution in [0.15, 0.2) is 70.6 Å². The number of halogens is 3. The number of imidazole rings is 1. The predicted octanol–water partition coefficient (Wildman–Crippen LogP) is 3.91. The first kappa shape index (κ1) is 22.3. The Morgan fingerprint density at radius 3 is 2.39 bits per heavy atom. The summed E-state index contributed by atoms with van der Waals surface area (Å²) in [5.41, 5.74) is 0.182. The van der Waals surface area contributed by atoms with Crippen LogP contribution in [0.25, 0.3) is 11.0 Å². The largest absolute Gasteiger partial charge is 0.416 e. The van der Waals surface area contributed by atoms with Crippen molar-refractivity contribution in [3.63, 3.8) is 0 Å². The van der Waals surface area contributed by atoms with Gasteiger partial charge in [0.1, 0.15) is 5.69 Å². The Morgan fingerprint density at radius 2 is 1.73 bits per heavy atom. The van der Waals surface area contributed by atoms with Gasteiger partial charge in [-0.15, -0.1) is 0 Å². The molecule has 0 spiro atoms. The highest BCUT2D eigenvalue weighted by atomic mass is 32.2. The second-order valence-corrected chi connectivity index (χ2v) is 8.87. The molecule has 0 aliphatic rings. The van der Waals surface area contributed by atoms with Crippen LogP contribution >= 0.6 is 0 Å². The molecule has 0 saturated carbocycles. The van der Waals surface area contributed by atoms with Crippen molar-refractivity contribution in [2.24, 2.45) is 0 Å². The zero-order valence-corrected chi connectivity index (χ0v) is 17.8. The molecule has 170 valence electrons. The van der Waals surface area contributed by atoms with E-state index in [1.165, 1.54) is 55.7 Å². The maximum atomic E-state index is 12.9. The molecule has 2 aromatic carbocycles. The monoisotopic (exact) mass is 475 g/mol. The maximum Gasteiger partial charge on any atom is 0.416 e. The van der Waals surface area contributed by atoms with Crippen LogP contribution in [0.3, 0.4) is 0 Å². The molecule has 0 radical (unpaired) electrons. The lowest BCUT2D eigenvalue weighted by atomic mass is 10.2. The number of anilines is 2. The number of hydrogen-bond donors (Lipinski definition) is 3. The van der Waals surface area contributed by atoms with Crippen LogP contribution in [0.4, 0.5) is 24.8 Å². The maximum absolute atomic E-state index is 12.9. The first-order valence-corrected chi connectivity index (χ1v) is 10.9. The molecule has 2 heterocycles. The molecular weight excluding hydrogens is 459 g/mol. The van der Waals surface area contributed by atoms with E-state index in [-0.39, 0.29) is 26.9 Å². The van der Waals surface area contributed by atoms with E-state index in [9.17, 15) is 26.4 Å². The molecule has 0 fully saturated rings. The van der Waals surface area contributed by atoms with Gasteiger partial charge in [0.25, 0.3) is 5.91 Å². The van der Waals surface area contributed by atoms with E-state index < -0.39 is 27.5 Å². The first-order valence-electron chi connectivity index (χ1n) is 9.45. The summed E-state index contributed by atoms with van der Waals surface area (Å²) in [5.74, 6) is -0.316. The molecule has 0 atom stereocenters. The minimum Gasteiger partial charge on any atom is -0.354 e. The quantitative estimate of drug-likeness (QED) is 0.403. The fraction of sp³-hybridized carbons (Fsp3) is 0.0952. The number of sulfone groups is 1. The Balaban J connectivity index is 1.57. The smallest absolute Gasteiger partial charge is 0.354 e. The predicted molar refractivity (Wildman–Crippen MR) is 114 cm³/mol. The lowest BCUT2D eigenvalue weighted by Crippen LogP contribution is -2.19. The molecule has 4 aromatic rings. The third-order valence-electron chi connectivity index (χ3n) is 4.74. The van der Waals surface area contributed by atoms with Gasteiger partial charge < -0.3 is 15.6 Å². The number of carbonyl (C=O) groups excluding carboxylic acids is 1. The number of aromatic nitrogens is 3. The van der Waals surface area contributed by atoms with Crippen LogP contribution in [-0.4, -0.2) is 36.3 Å². The number of carbonyl (C=O) groups is 1. The van der Waals surface area contributed by atoms with Gasteiger partial charge in [-0.3, -0.25) is 9.78 Å². The minimum atomic E-state index is -4.47. The van der Waals surface area contributed by atoms with Crippen molar-refractivity contribution in [3.05, 3.63) is 72.1 Å². The number of pyridine rings is 1. The fourth-order valence-corrected chi connectivity index (χ4v) is 4.34. The molecule has 8 nitrogen and oxygen atoms in total. The third-order valence-corrected chi connectivity index (χ3v) is 6.51. The van der Waals surface area contributed by atoms with E-state index in [4.69, 9.17) is 0 Å². The highest BCUT2D eigenvalue weighted by Gasteiger charge is 2.30. The summed E-state index contributed by atoms with van der Waals surface area (Å²) in [6.07, 6.45) is -3.23. The van der Waals surface area contributed by atoms with E-state index in [1.807, 2.05) is 0 Å². The number of nitrogens with zero attached hydrogens (tertiary/aromatic N) is 2. The summed E-state index contributed by atoms with van der Waals surface area (Å²) in [7, 11) is -2.50. The highest BCUT2D eigenvalue weighted by Crippen LogP contribution is 2.31. The number of benzene rings is 2. The molecule has 1 amide bonds. The summed E-state index contributed by atoms with van der Waals surface area (Å²) >= 11 is 0. The number of H-pyrrole nitrogens is 1. The van der Waals surface area contributed by atoms with Crippen LogP contribution in [0, 0.1) is 0 Å². The van der Waals surface area contributed by atoms with Gasteiger partial charge in [0.05, 0.1) is 26.4 Å². The van der Waals surface area contributed by atoms with Crippen LogP contribution in [0.1, 0.15) is 16.1 Å². The van der Waals surface area contributed by atoms with Crippen molar-refractivity contribution < 1.29 is 26.4 Å². The standard InChI is InChI=1S/C21H16F3N5O3S/c1-25-19(30)18-11-15(8-9-26-18)33(31,32)14-5-3-13(4-6-14)27-20-28-16-7-2-12(21(22,23)24)10-17(16)29-20/h2-11H,1H3,(H,25,30)(H2,27,28,29). The van der Waals surface area contributed by atoms with Crippen LogP contribution in [0.5, 0.6) is 0 Å². The molecular formula is C21H16F3N5O3S. The van der Waals surface area contributed by atoms with Crippen LogP contribution < -0.4 is 10.6 Å². The van der Waals surface area contributed by atoms with Crippen LogP contribution in [-0.2, 0) is 16.0 Å². The van der Waals surface area contributed by atoms with E-state index in [2.05, 4.69) is 25.6 Å². The molecule has 0 saturated heterocycles. The van der Waals surface area contributed by atoms with Gasteiger partial charge in [-0.05, 0) is 54.6 Å². The molecule has 33 heavy (non-hydrogen) atoms. The number of fused-ring (bicyclic) bond motifs is 1. The second-order valence-electron chi connectivity index (χ2n) is 6.92. The lowest BCUT2D eigenvalue weighted by molar-refractivity contribution is -0.137. The number of nitrogens with one attached hydrogen (secondary N) is 3. The summed E-state index contributed by atoms with van der Waals surface area (Å²) < 4.78 is 64.5. The van der Waals surface area contributed by atoms with Gasteiger partial charge in [-0.2, -0.15) is 13.2 Å². The average Bonchev–Trinajstić information content (AvgIpc) is 3.20. The SMILES string of the molecule is CNC(=O)c1cc(S(=O)(=O)c2ccc(Nc3nc4ccc(C(F)(F)F)cc4[nH]3)cc2)ccn1. The van der Waals surface area contributed by atoms with Gasteiger partial charge in [0.15, 0.2) is 0 Å². The number of alkyl halides is 3. The van der Waals surface area contributed by atoms with Gasteiger partial charge in [-0.1, -0.05) is 0 Å². The zero-order chi connectivity index (χ0) is 23.8. The minimum absolute atomic E-state index is 0.0125. The first-order chi connectivity index (χ1) is 15.6. The van der Waals surface area contributed by atoms with Gasteiger partial charge >= 0.3 is 6.18 Å². The van der Waals surface area contributed by atoms with Crippen molar-refractivity contribution in [2.45, 2.75) is 16.0 Å².